The van der Waals surface area contributed by atoms with Crippen LogP contribution in [-0.2, 0) is 4.79 Å². The number of nitrogens with one attached hydrogen (secondary N) is 2. The van der Waals surface area contributed by atoms with Gasteiger partial charge in [-0.15, -0.1) is 0 Å². The second kappa shape index (κ2) is 6.10. The number of piperidine rings is 1. The zero-order chi connectivity index (χ0) is 15.9. The third-order valence-corrected chi connectivity index (χ3v) is 6.51. The van der Waals surface area contributed by atoms with Crippen molar-refractivity contribution in [3.05, 3.63) is 34.9 Å². The maximum absolute atomic E-state index is 12.8. The van der Waals surface area contributed by atoms with Crippen molar-refractivity contribution in [3.63, 3.8) is 0 Å². The van der Waals surface area contributed by atoms with E-state index in [2.05, 4.69) is 22.8 Å². The van der Waals surface area contributed by atoms with Gasteiger partial charge >= 0.3 is 0 Å². The molecule has 2 unspecified atom stereocenters. The zero-order valence-corrected chi connectivity index (χ0v) is 14.2. The van der Waals surface area contributed by atoms with Crippen LogP contribution in [0.25, 0.3) is 0 Å². The number of benzene rings is 1. The van der Waals surface area contributed by atoms with Crippen LogP contribution in [0.2, 0.25) is 5.02 Å². The molecule has 1 heterocycles. The number of hydrogen-bond donors (Lipinski definition) is 2. The molecule has 0 radical (unpaired) electrons. The summed E-state index contributed by atoms with van der Waals surface area (Å²) in [6.45, 7) is 2.13. The van der Waals surface area contributed by atoms with E-state index in [9.17, 15) is 4.79 Å². The molecule has 23 heavy (non-hydrogen) atoms. The van der Waals surface area contributed by atoms with E-state index in [0.717, 1.165) is 37.4 Å². The molecule has 124 valence electrons. The van der Waals surface area contributed by atoms with Crippen molar-refractivity contribution < 1.29 is 4.79 Å². The summed E-state index contributed by atoms with van der Waals surface area (Å²) in [5.74, 6) is 1.10. The van der Waals surface area contributed by atoms with Gasteiger partial charge in [0, 0.05) is 10.9 Å². The lowest BCUT2D eigenvalue weighted by molar-refractivity contribution is -0.124. The van der Waals surface area contributed by atoms with Gasteiger partial charge in [-0.1, -0.05) is 30.2 Å². The van der Waals surface area contributed by atoms with E-state index in [4.69, 9.17) is 11.6 Å². The molecule has 1 spiro atoms. The molecule has 2 saturated carbocycles. The highest BCUT2D eigenvalue weighted by Crippen LogP contribution is 2.58. The van der Waals surface area contributed by atoms with Crippen molar-refractivity contribution in [3.8, 4) is 0 Å². The number of carbonyl (C=O) groups is 1. The highest BCUT2D eigenvalue weighted by molar-refractivity contribution is 6.30. The Balaban J connectivity index is 1.45. The molecule has 0 bridgehead atoms. The molecule has 2 aliphatic carbocycles. The summed E-state index contributed by atoms with van der Waals surface area (Å²) in [4.78, 5) is 12.8. The lowest BCUT2D eigenvalue weighted by Crippen LogP contribution is -2.39. The Labute approximate surface area is 143 Å². The van der Waals surface area contributed by atoms with Crippen LogP contribution in [-0.4, -0.2) is 19.0 Å². The molecule has 0 aromatic heterocycles. The molecule has 2 N–H and O–H groups in total. The van der Waals surface area contributed by atoms with Crippen LogP contribution in [0.5, 0.6) is 0 Å². The summed E-state index contributed by atoms with van der Waals surface area (Å²) in [5.41, 5.74) is 1.51. The standard InChI is InChI=1S/C19H25ClN2O/c20-15-6-4-14(5-7-15)17(13-2-1-3-13)22-18(23)16-12-19(16)8-10-21-11-9-19/h4-7,13,16-17,21H,1-3,8-12H2,(H,22,23). The first-order valence-electron chi connectivity index (χ1n) is 8.95. The molecule has 4 rings (SSSR count). The van der Waals surface area contributed by atoms with Crippen LogP contribution in [0.4, 0.5) is 0 Å². The van der Waals surface area contributed by atoms with Gasteiger partial charge in [0.05, 0.1) is 6.04 Å². The van der Waals surface area contributed by atoms with Gasteiger partial charge in [-0.2, -0.15) is 0 Å². The van der Waals surface area contributed by atoms with Crippen LogP contribution in [0, 0.1) is 17.3 Å². The monoisotopic (exact) mass is 332 g/mol. The third-order valence-electron chi connectivity index (χ3n) is 6.25. The molecular formula is C19H25ClN2O. The lowest BCUT2D eigenvalue weighted by Gasteiger charge is -2.35. The van der Waals surface area contributed by atoms with E-state index in [-0.39, 0.29) is 17.9 Å². The Hall–Kier alpha value is -1.06. The summed E-state index contributed by atoms with van der Waals surface area (Å²) < 4.78 is 0. The Kier molecular flexibility index (Phi) is 4.10. The van der Waals surface area contributed by atoms with Crippen LogP contribution >= 0.6 is 11.6 Å². The molecular weight excluding hydrogens is 308 g/mol. The topological polar surface area (TPSA) is 41.1 Å². The van der Waals surface area contributed by atoms with Crippen molar-refractivity contribution in [2.45, 2.75) is 44.6 Å². The summed E-state index contributed by atoms with van der Waals surface area (Å²) >= 11 is 6.01. The molecule has 1 aromatic carbocycles. The highest BCUT2D eigenvalue weighted by Gasteiger charge is 2.57. The number of carbonyl (C=O) groups excluding carboxylic acids is 1. The van der Waals surface area contributed by atoms with E-state index in [1.807, 2.05) is 12.1 Å². The van der Waals surface area contributed by atoms with E-state index < -0.39 is 0 Å². The molecule has 1 saturated heterocycles. The maximum Gasteiger partial charge on any atom is 0.224 e. The molecule has 2 atom stereocenters. The highest BCUT2D eigenvalue weighted by atomic mass is 35.5. The second-order valence-corrected chi connectivity index (χ2v) is 8.03. The zero-order valence-electron chi connectivity index (χ0n) is 13.5. The molecule has 1 aromatic rings. The molecule has 4 heteroatoms. The average Bonchev–Trinajstić information content (AvgIpc) is 3.20. The fourth-order valence-corrected chi connectivity index (χ4v) is 4.49. The third kappa shape index (κ3) is 3.01. The van der Waals surface area contributed by atoms with Crippen molar-refractivity contribution in [1.82, 2.24) is 10.6 Å². The molecule has 1 aliphatic heterocycles. The fourth-order valence-electron chi connectivity index (χ4n) is 4.37. The average molecular weight is 333 g/mol. The van der Waals surface area contributed by atoms with E-state index in [1.165, 1.54) is 24.8 Å². The largest absolute Gasteiger partial charge is 0.349 e. The molecule has 3 aliphatic rings. The van der Waals surface area contributed by atoms with E-state index in [0.29, 0.717) is 11.3 Å². The van der Waals surface area contributed by atoms with Crippen LogP contribution in [0.3, 0.4) is 0 Å². The van der Waals surface area contributed by atoms with Gasteiger partial charge in [-0.25, -0.2) is 0 Å². The smallest absolute Gasteiger partial charge is 0.224 e. The van der Waals surface area contributed by atoms with E-state index >= 15 is 0 Å². The second-order valence-electron chi connectivity index (χ2n) is 7.60. The van der Waals surface area contributed by atoms with Gasteiger partial charge in [0.15, 0.2) is 0 Å². The van der Waals surface area contributed by atoms with Gasteiger partial charge in [0.25, 0.3) is 0 Å². The number of amides is 1. The van der Waals surface area contributed by atoms with E-state index in [1.54, 1.807) is 0 Å². The maximum atomic E-state index is 12.8. The normalized spacial score (nSPS) is 27.3. The van der Waals surface area contributed by atoms with Crippen molar-refractivity contribution in [2.75, 3.05) is 13.1 Å². The Morgan fingerprint density at radius 2 is 1.91 bits per heavy atom. The summed E-state index contributed by atoms with van der Waals surface area (Å²) in [6, 6.07) is 8.16. The van der Waals surface area contributed by atoms with Gasteiger partial charge in [0.1, 0.15) is 0 Å². The van der Waals surface area contributed by atoms with Gasteiger partial charge < -0.3 is 10.6 Å². The summed E-state index contributed by atoms with van der Waals surface area (Å²) in [5, 5.41) is 7.54. The van der Waals surface area contributed by atoms with Crippen LogP contribution in [0.1, 0.15) is 50.1 Å². The van der Waals surface area contributed by atoms with Crippen molar-refractivity contribution in [2.24, 2.45) is 17.3 Å². The summed E-state index contributed by atoms with van der Waals surface area (Å²) in [6.07, 6.45) is 7.10. The number of hydrogen-bond acceptors (Lipinski definition) is 2. The Morgan fingerprint density at radius 3 is 2.52 bits per heavy atom. The molecule has 3 fully saturated rings. The van der Waals surface area contributed by atoms with Crippen LogP contribution in [0.15, 0.2) is 24.3 Å². The number of halogens is 1. The predicted molar refractivity (Wildman–Crippen MR) is 92.3 cm³/mol. The fraction of sp³-hybridized carbons (Fsp3) is 0.632. The van der Waals surface area contributed by atoms with Crippen molar-refractivity contribution in [1.29, 1.82) is 0 Å². The Bertz CT molecular complexity index is 576. The first-order valence-corrected chi connectivity index (χ1v) is 9.32. The minimum absolute atomic E-state index is 0.160. The first-order chi connectivity index (χ1) is 11.2. The molecule has 3 nitrogen and oxygen atoms in total. The SMILES string of the molecule is O=C(NC(c1ccc(Cl)cc1)C1CCC1)C1CC12CCNCC2. The minimum atomic E-state index is 0.160. The van der Waals surface area contributed by atoms with Gasteiger partial charge in [-0.3, -0.25) is 4.79 Å². The predicted octanol–water partition coefficient (Wildman–Crippen LogP) is 3.69. The lowest BCUT2D eigenvalue weighted by atomic mass is 9.77. The van der Waals surface area contributed by atoms with Crippen LogP contribution < -0.4 is 10.6 Å². The first kappa shape index (κ1) is 15.5. The van der Waals surface area contributed by atoms with Gasteiger partial charge in [-0.05, 0) is 74.2 Å². The number of rotatable bonds is 4. The van der Waals surface area contributed by atoms with Crippen molar-refractivity contribution >= 4 is 17.5 Å². The Morgan fingerprint density at radius 1 is 1.22 bits per heavy atom. The van der Waals surface area contributed by atoms with Gasteiger partial charge in [0.2, 0.25) is 5.91 Å². The minimum Gasteiger partial charge on any atom is -0.349 e. The molecule has 1 amide bonds. The quantitative estimate of drug-likeness (QED) is 0.883. The summed E-state index contributed by atoms with van der Waals surface area (Å²) in [7, 11) is 0.